The Hall–Kier alpha value is -0.0600. The summed E-state index contributed by atoms with van der Waals surface area (Å²) in [6.07, 6.45) is 4.35. The molecule has 0 aromatic rings. The summed E-state index contributed by atoms with van der Waals surface area (Å²) in [4.78, 5) is 12.5. The summed E-state index contributed by atoms with van der Waals surface area (Å²) in [5, 5.41) is 0. The van der Waals surface area contributed by atoms with Crippen molar-refractivity contribution in [2.24, 2.45) is 17.1 Å². The quantitative estimate of drug-likeness (QED) is 0.867. The number of ether oxygens (including phenoxy) is 1. The van der Waals surface area contributed by atoms with Gasteiger partial charge in [0.2, 0.25) is 0 Å². The highest BCUT2D eigenvalue weighted by molar-refractivity contribution is 7.99. The van der Waals surface area contributed by atoms with Gasteiger partial charge in [0.1, 0.15) is 5.78 Å². The fourth-order valence-corrected chi connectivity index (χ4v) is 4.83. The predicted molar refractivity (Wildman–Crippen MR) is 85.0 cm³/mol. The molecule has 0 aromatic heterocycles. The summed E-state index contributed by atoms with van der Waals surface area (Å²) < 4.78 is 5.99. The van der Waals surface area contributed by atoms with Crippen LogP contribution in [0, 0.1) is 11.3 Å². The maximum Gasteiger partial charge on any atom is 0.137 e. The first-order chi connectivity index (χ1) is 9.30. The van der Waals surface area contributed by atoms with E-state index in [1.807, 2.05) is 11.8 Å². The number of ketones is 1. The summed E-state index contributed by atoms with van der Waals surface area (Å²) in [6, 6.07) is -0.000696. The molecule has 2 heterocycles. The molecule has 4 heteroatoms. The highest BCUT2D eigenvalue weighted by Gasteiger charge is 2.42. The van der Waals surface area contributed by atoms with Crippen LogP contribution in [-0.4, -0.2) is 35.5 Å². The molecule has 2 rings (SSSR count). The maximum absolute atomic E-state index is 12.5. The molecule has 1 spiro atoms. The van der Waals surface area contributed by atoms with Gasteiger partial charge in [-0.15, -0.1) is 0 Å². The van der Waals surface area contributed by atoms with Gasteiger partial charge in [0.05, 0.1) is 5.60 Å². The monoisotopic (exact) mass is 299 g/mol. The van der Waals surface area contributed by atoms with Crippen molar-refractivity contribution < 1.29 is 9.53 Å². The zero-order valence-corrected chi connectivity index (χ0v) is 13.9. The van der Waals surface area contributed by atoms with Gasteiger partial charge in [0, 0.05) is 30.7 Å². The molecule has 2 aliphatic rings. The van der Waals surface area contributed by atoms with Crippen molar-refractivity contribution in [3.8, 4) is 0 Å². The van der Waals surface area contributed by atoms with Crippen LogP contribution in [0.15, 0.2) is 0 Å². The number of hydrogen-bond donors (Lipinski definition) is 1. The summed E-state index contributed by atoms with van der Waals surface area (Å²) in [7, 11) is 0. The van der Waals surface area contributed by atoms with Crippen LogP contribution >= 0.6 is 11.8 Å². The molecule has 20 heavy (non-hydrogen) atoms. The van der Waals surface area contributed by atoms with E-state index in [2.05, 4.69) is 20.8 Å². The van der Waals surface area contributed by atoms with Gasteiger partial charge < -0.3 is 10.5 Å². The van der Waals surface area contributed by atoms with E-state index in [9.17, 15) is 4.79 Å². The molecule has 3 nitrogen and oxygen atoms in total. The topological polar surface area (TPSA) is 52.3 Å². The second-order valence-corrected chi connectivity index (χ2v) is 8.82. The highest BCUT2D eigenvalue weighted by Crippen LogP contribution is 2.41. The van der Waals surface area contributed by atoms with E-state index < -0.39 is 0 Å². The summed E-state index contributed by atoms with van der Waals surface area (Å²) in [6.45, 7) is 7.27. The lowest BCUT2D eigenvalue weighted by Gasteiger charge is -2.37. The molecule has 2 saturated heterocycles. The van der Waals surface area contributed by atoms with Crippen molar-refractivity contribution in [2.45, 2.75) is 64.5 Å². The largest absolute Gasteiger partial charge is 0.374 e. The Morgan fingerprint density at radius 3 is 2.85 bits per heavy atom. The van der Waals surface area contributed by atoms with Crippen molar-refractivity contribution in [1.82, 2.24) is 0 Å². The van der Waals surface area contributed by atoms with Gasteiger partial charge in [-0.1, -0.05) is 20.8 Å². The fraction of sp³-hybridized carbons (Fsp3) is 0.938. The Bertz CT molecular complexity index is 345. The second-order valence-electron chi connectivity index (χ2n) is 7.72. The molecule has 0 bridgehead atoms. The van der Waals surface area contributed by atoms with E-state index in [0.29, 0.717) is 12.2 Å². The highest BCUT2D eigenvalue weighted by atomic mass is 32.2. The van der Waals surface area contributed by atoms with E-state index in [4.69, 9.17) is 10.5 Å². The summed E-state index contributed by atoms with van der Waals surface area (Å²) in [5.74, 6) is 2.77. The first kappa shape index (κ1) is 16.3. The molecule has 3 atom stereocenters. The Morgan fingerprint density at radius 1 is 1.50 bits per heavy atom. The van der Waals surface area contributed by atoms with E-state index in [1.54, 1.807) is 0 Å². The molecule has 3 unspecified atom stereocenters. The lowest BCUT2D eigenvalue weighted by atomic mass is 9.80. The summed E-state index contributed by atoms with van der Waals surface area (Å²) in [5.41, 5.74) is 6.35. The van der Waals surface area contributed by atoms with Gasteiger partial charge in [-0.3, -0.25) is 4.79 Å². The molecule has 0 amide bonds. The van der Waals surface area contributed by atoms with E-state index in [0.717, 1.165) is 38.0 Å². The van der Waals surface area contributed by atoms with Gasteiger partial charge in [-0.2, -0.15) is 11.8 Å². The van der Waals surface area contributed by atoms with Gasteiger partial charge >= 0.3 is 0 Å². The number of Topliss-reactive ketones (excluding diaryl/α,β-unsaturated/α-hetero) is 1. The minimum atomic E-state index is -0.00261. The predicted octanol–water partition coefficient (Wildman–Crippen LogP) is 3.01. The van der Waals surface area contributed by atoms with Crippen LogP contribution in [0.1, 0.15) is 52.9 Å². The number of thioether (sulfide) groups is 1. The Morgan fingerprint density at radius 2 is 2.25 bits per heavy atom. The fourth-order valence-electron chi connectivity index (χ4n) is 3.45. The Kier molecular flexibility index (Phi) is 5.19. The third-order valence-corrected chi connectivity index (χ3v) is 5.58. The van der Waals surface area contributed by atoms with Crippen LogP contribution in [0.3, 0.4) is 0 Å². The molecule has 0 aliphatic carbocycles. The second kappa shape index (κ2) is 6.37. The third kappa shape index (κ3) is 4.47. The number of nitrogens with two attached hydrogens (primary N) is 1. The summed E-state index contributed by atoms with van der Waals surface area (Å²) >= 11 is 1.95. The van der Waals surface area contributed by atoms with Gasteiger partial charge in [-0.05, 0) is 36.9 Å². The molecule has 2 N–H and O–H groups in total. The van der Waals surface area contributed by atoms with Gasteiger partial charge in [0.15, 0.2) is 0 Å². The molecular formula is C16H29NO2S. The van der Waals surface area contributed by atoms with Crippen LogP contribution in [0.2, 0.25) is 0 Å². The Balaban J connectivity index is 1.86. The smallest absolute Gasteiger partial charge is 0.137 e. The molecule has 0 radical (unpaired) electrons. The van der Waals surface area contributed by atoms with Crippen molar-refractivity contribution in [3.05, 3.63) is 0 Å². The van der Waals surface area contributed by atoms with Gasteiger partial charge in [0.25, 0.3) is 0 Å². The van der Waals surface area contributed by atoms with Crippen molar-refractivity contribution >= 4 is 17.5 Å². The normalized spacial score (nSPS) is 32.5. The Labute approximate surface area is 127 Å². The lowest BCUT2D eigenvalue weighted by molar-refractivity contribution is -0.134. The van der Waals surface area contributed by atoms with Crippen LogP contribution in [-0.2, 0) is 9.53 Å². The first-order valence-electron chi connectivity index (χ1n) is 7.80. The average Bonchev–Trinajstić information content (AvgIpc) is 2.74. The minimum Gasteiger partial charge on any atom is -0.374 e. The molecule has 0 saturated carbocycles. The van der Waals surface area contributed by atoms with Crippen LogP contribution < -0.4 is 5.73 Å². The van der Waals surface area contributed by atoms with E-state index >= 15 is 0 Å². The van der Waals surface area contributed by atoms with Crippen LogP contribution in [0.25, 0.3) is 0 Å². The van der Waals surface area contributed by atoms with Crippen molar-refractivity contribution in [1.29, 1.82) is 0 Å². The average molecular weight is 299 g/mol. The number of carbonyl (C=O) groups is 1. The van der Waals surface area contributed by atoms with Crippen LogP contribution in [0.4, 0.5) is 0 Å². The number of hydrogen-bond acceptors (Lipinski definition) is 4. The lowest BCUT2D eigenvalue weighted by Crippen LogP contribution is -2.43. The maximum atomic E-state index is 12.5. The third-order valence-electron chi connectivity index (χ3n) is 4.35. The molecule has 2 aliphatic heterocycles. The van der Waals surface area contributed by atoms with Gasteiger partial charge in [-0.25, -0.2) is 0 Å². The van der Waals surface area contributed by atoms with Crippen molar-refractivity contribution in [2.75, 3.05) is 18.1 Å². The molecule has 116 valence electrons. The SMILES string of the molecule is CC(C)(C)CC(N)CC(=O)C1CCOC2(CCSC2)C1. The standard InChI is InChI=1S/C16H29NO2S/c1-15(2,3)10-13(17)8-14(18)12-4-6-19-16(9-12)5-7-20-11-16/h12-13H,4-11,17H2,1-3H3. The van der Waals surface area contributed by atoms with E-state index in [-0.39, 0.29) is 23.0 Å². The minimum absolute atomic E-state index is 0.000696. The van der Waals surface area contributed by atoms with Crippen molar-refractivity contribution in [3.63, 3.8) is 0 Å². The van der Waals surface area contributed by atoms with E-state index in [1.165, 1.54) is 5.75 Å². The molecule has 2 fully saturated rings. The first-order valence-corrected chi connectivity index (χ1v) is 8.95. The molecular weight excluding hydrogens is 270 g/mol. The molecule has 0 aromatic carbocycles. The van der Waals surface area contributed by atoms with Crippen LogP contribution in [0.5, 0.6) is 0 Å². The number of carbonyl (C=O) groups excluding carboxylic acids is 1. The zero-order chi connectivity index (χ0) is 14.8. The number of rotatable bonds is 4. The zero-order valence-electron chi connectivity index (χ0n) is 13.1.